The van der Waals surface area contributed by atoms with E-state index >= 15 is 0 Å². The van der Waals surface area contributed by atoms with Gasteiger partial charge in [0.1, 0.15) is 5.58 Å². The van der Waals surface area contributed by atoms with Gasteiger partial charge in [0.2, 0.25) is 5.76 Å². The van der Waals surface area contributed by atoms with E-state index < -0.39 is 16.8 Å². The zero-order valence-corrected chi connectivity index (χ0v) is 12.5. The van der Waals surface area contributed by atoms with E-state index in [9.17, 15) is 14.1 Å². The molecule has 21 heavy (non-hydrogen) atoms. The quantitative estimate of drug-likeness (QED) is 0.917. The van der Waals surface area contributed by atoms with Gasteiger partial charge < -0.3 is 9.52 Å². The van der Waals surface area contributed by atoms with Gasteiger partial charge in [0.15, 0.2) is 0 Å². The van der Waals surface area contributed by atoms with Crippen molar-refractivity contribution in [3.8, 4) is 0 Å². The SMILES string of the molecule is O=C(O)c1oc2ccccc2c1CS(=O)CC1CCCC1. The Hall–Kier alpha value is -1.62. The third kappa shape index (κ3) is 3.02. The van der Waals surface area contributed by atoms with Crippen molar-refractivity contribution in [2.24, 2.45) is 5.92 Å². The number of rotatable bonds is 5. The molecule has 0 saturated heterocycles. The molecule has 0 spiro atoms. The predicted octanol–water partition coefficient (Wildman–Crippen LogP) is 3.57. The van der Waals surface area contributed by atoms with Crippen LogP contribution in [0.5, 0.6) is 0 Å². The minimum Gasteiger partial charge on any atom is -0.475 e. The van der Waals surface area contributed by atoms with Gasteiger partial charge in [-0.25, -0.2) is 4.79 Å². The molecule has 1 aromatic heterocycles. The number of carbonyl (C=O) groups is 1. The van der Waals surface area contributed by atoms with Crippen LogP contribution in [0.3, 0.4) is 0 Å². The standard InChI is InChI=1S/C16H18O4S/c17-16(18)15-13(12-7-3-4-8-14(12)20-15)10-21(19)9-11-5-1-2-6-11/h3-4,7-8,11H,1-2,5-6,9-10H2,(H,17,18). The fourth-order valence-electron chi connectivity index (χ4n) is 3.07. The Kier molecular flexibility index (Phi) is 4.10. The summed E-state index contributed by atoms with van der Waals surface area (Å²) < 4.78 is 17.8. The summed E-state index contributed by atoms with van der Waals surface area (Å²) in [6.45, 7) is 0. The summed E-state index contributed by atoms with van der Waals surface area (Å²) in [4.78, 5) is 11.3. The van der Waals surface area contributed by atoms with Crippen LogP contribution in [0.4, 0.5) is 0 Å². The van der Waals surface area contributed by atoms with Crippen LogP contribution in [0.2, 0.25) is 0 Å². The fourth-order valence-corrected chi connectivity index (χ4v) is 4.66. The molecule has 0 bridgehead atoms. The van der Waals surface area contributed by atoms with Crippen LogP contribution in [-0.2, 0) is 16.6 Å². The molecule has 1 saturated carbocycles. The van der Waals surface area contributed by atoms with Crippen LogP contribution in [0.25, 0.3) is 11.0 Å². The molecule has 1 unspecified atom stereocenters. The first-order valence-electron chi connectivity index (χ1n) is 7.24. The highest BCUT2D eigenvalue weighted by molar-refractivity contribution is 7.84. The van der Waals surface area contributed by atoms with E-state index in [2.05, 4.69) is 0 Å². The Morgan fingerprint density at radius 3 is 2.71 bits per heavy atom. The molecule has 0 amide bonds. The van der Waals surface area contributed by atoms with Crippen molar-refractivity contribution in [2.75, 3.05) is 5.75 Å². The summed E-state index contributed by atoms with van der Waals surface area (Å²) in [5, 5.41) is 10.0. The largest absolute Gasteiger partial charge is 0.475 e. The van der Waals surface area contributed by atoms with Gasteiger partial charge in [0.05, 0.1) is 5.75 Å². The summed E-state index contributed by atoms with van der Waals surface area (Å²) in [5.41, 5.74) is 1.11. The lowest BCUT2D eigenvalue weighted by atomic mass is 10.1. The summed E-state index contributed by atoms with van der Waals surface area (Å²) in [6, 6.07) is 7.21. The van der Waals surface area contributed by atoms with Gasteiger partial charge in [-0.2, -0.15) is 0 Å². The van der Waals surface area contributed by atoms with E-state index in [4.69, 9.17) is 4.42 Å². The maximum absolute atomic E-state index is 12.4. The minimum absolute atomic E-state index is 0.0732. The van der Waals surface area contributed by atoms with Crippen LogP contribution >= 0.6 is 0 Å². The summed E-state index contributed by atoms with van der Waals surface area (Å²) in [5.74, 6) is 0.278. The highest BCUT2D eigenvalue weighted by Crippen LogP contribution is 2.29. The molecule has 1 heterocycles. The number of benzene rings is 1. The van der Waals surface area contributed by atoms with Crippen LogP contribution < -0.4 is 0 Å². The number of carboxylic acid groups (broad SMARTS) is 1. The second kappa shape index (κ2) is 6.02. The summed E-state index contributed by atoms with van der Waals surface area (Å²) >= 11 is 0. The highest BCUT2D eigenvalue weighted by Gasteiger charge is 2.23. The summed E-state index contributed by atoms with van der Waals surface area (Å²) in [7, 11) is -1.05. The Morgan fingerprint density at radius 2 is 2.00 bits per heavy atom. The first-order valence-corrected chi connectivity index (χ1v) is 8.72. The average Bonchev–Trinajstić information content (AvgIpc) is 3.07. The molecule has 1 fully saturated rings. The topological polar surface area (TPSA) is 67.5 Å². The first-order chi connectivity index (χ1) is 10.1. The molecular weight excluding hydrogens is 288 g/mol. The van der Waals surface area contributed by atoms with Crippen LogP contribution in [-0.4, -0.2) is 21.0 Å². The molecule has 4 nitrogen and oxygen atoms in total. The van der Waals surface area contributed by atoms with E-state index in [1.54, 1.807) is 12.1 Å². The second-order valence-electron chi connectivity index (χ2n) is 5.61. The lowest BCUT2D eigenvalue weighted by Gasteiger charge is -2.08. The molecule has 0 radical (unpaired) electrons. The number of para-hydroxylation sites is 1. The lowest BCUT2D eigenvalue weighted by molar-refractivity contribution is 0.0664. The molecule has 1 aromatic carbocycles. The predicted molar refractivity (Wildman–Crippen MR) is 81.8 cm³/mol. The van der Waals surface area contributed by atoms with Gasteiger partial charge in [-0.1, -0.05) is 31.0 Å². The van der Waals surface area contributed by atoms with Crippen LogP contribution in [0.1, 0.15) is 41.8 Å². The molecule has 1 N–H and O–H groups in total. The highest BCUT2D eigenvalue weighted by atomic mass is 32.2. The van der Waals surface area contributed by atoms with Crippen molar-refractivity contribution in [3.05, 3.63) is 35.6 Å². The lowest BCUT2D eigenvalue weighted by Crippen LogP contribution is -2.11. The van der Waals surface area contributed by atoms with Crippen molar-refractivity contribution < 1.29 is 18.5 Å². The number of carboxylic acids is 1. The Bertz CT molecular complexity index is 683. The minimum atomic E-state index is -1.10. The normalized spacial score (nSPS) is 17.3. The third-order valence-electron chi connectivity index (χ3n) is 4.09. The average molecular weight is 306 g/mol. The first kappa shape index (κ1) is 14.3. The Labute approximate surface area is 125 Å². The molecule has 2 aromatic rings. The molecule has 1 aliphatic carbocycles. The van der Waals surface area contributed by atoms with Crippen LogP contribution in [0.15, 0.2) is 28.7 Å². The zero-order valence-electron chi connectivity index (χ0n) is 11.7. The molecule has 1 aliphatic rings. The van der Waals surface area contributed by atoms with Gasteiger partial charge in [-0.05, 0) is 24.8 Å². The van der Waals surface area contributed by atoms with Crippen LogP contribution in [0, 0.1) is 5.92 Å². The van der Waals surface area contributed by atoms with Crippen molar-refractivity contribution in [1.29, 1.82) is 0 Å². The number of furan rings is 1. The smallest absolute Gasteiger partial charge is 0.372 e. The molecule has 112 valence electrons. The molecule has 3 rings (SSSR count). The van der Waals surface area contributed by atoms with Gasteiger partial charge in [-0.15, -0.1) is 0 Å². The molecule has 5 heteroatoms. The van der Waals surface area contributed by atoms with E-state index in [0.717, 1.165) is 18.2 Å². The molecule has 0 aliphatic heterocycles. The fraction of sp³-hybridized carbons (Fsp3) is 0.438. The Balaban J connectivity index is 1.86. The van der Waals surface area contributed by atoms with E-state index in [1.807, 2.05) is 12.1 Å². The maximum Gasteiger partial charge on any atom is 0.372 e. The third-order valence-corrected chi connectivity index (χ3v) is 5.55. The Morgan fingerprint density at radius 1 is 1.29 bits per heavy atom. The van der Waals surface area contributed by atoms with Crippen molar-refractivity contribution in [2.45, 2.75) is 31.4 Å². The van der Waals surface area contributed by atoms with Gasteiger partial charge in [0, 0.05) is 27.5 Å². The number of fused-ring (bicyclic) bond motifs is 1. The van der Waals surface area contributed by atoms with Gasteiger partial charge >= 0.3 is 5.97 Å². The van der Waals surface area contributed by atoms with Gasteiger partial charge in [-0.3, -0.25) is 4.21 Å². The monoisotopic (exact) mass is 306 g/mol. The summed E-state index contributed by atoms with van der Waals surface area (Å²) in [6.07, 6.45) is 4.72. The molecular formula is C16H18O4S. The van der Waals surface area contributed by atoms with Crippen molar-refractivity contribution >= 4 is 27.7 Å². The van der Waals surface area contributed by atoms with E-state index in [0.29, 0.717) is 22.8 Å². The maximum atomic E-state index is 12.4. The molecule has 1 atom stereocenters. The van der Waals surface area contributed by atoms with Crippen molar-refractivity contribution in [1.82, 2.24) is 0 Å². The number of aromatic carboxylic acids is 1. The number of hydrogen-bond acceptors (Lipinski definition) is 3. The second-order valence-corrected chi connectivity index (χ2v) is 7.11. The van der Waals surface area contributed by atoms with E-state index in [1.165, 1.54) is 12.8 Å². The van der Waals surface area contributed by atoms with Crippen molar-refractivity contribution in [3.63, 3.8) is 0 Å². The van der Waals surface area contributed by atoms with Gasteiger partial charge in [0.25, 0.3) is 0 Å². The zero-order chi connectivity index (χ0) is 14.8. The van der Waals surface area contributed by atoms with E-state index in [-0.39, 0.29) is 11.5 Å². The number of hydrogen-bond donors (Lipinski definition) is 1.